The highest BCUT2D eigenvalue weighted by Crippen LogP contribution is 2.38. The second-order valence-corrected chi connectivity index (χ2v) is 6.46. The minimum Gasteiger partial charge on any atom is -0.481 e. The third-order valence-corrected chi connectivity index (χ3v) is 4.73. The molecular formula is C16H29NO3. The Hall–Kier alpha value is -1.06. The Kier molecular flexibility index (Phi) is 6.50. The van der Waals surface area contributed by atoms with Gasteiger partial charge < -0.3 is 10.4 Å². The topological polar surface area (TPSA) is 66.4 Å². The number of carboxylic acids is 1. The molecule has 4 nitrogen and oxygen atoms in total. The zero-order chi connectivity index (χ0) is 15.3. The van der Waals surface area contributed by atoms with E-state index >= 15 is 0 Å². The summed E-state index contributed by atoms with van der Waals surface area (Å²) in [6.07, 6.45) is 4.36. The molecule has 1 saturated carbocycles. The average Bonchev–Trinajstić information content (AvgIpc) is 2.82. The number of hydrogen-bond donors (Lipinski definition) is 2. The molecule has 0 spiro atoms. The number of nitrogens with one attached hydrogen (secondary N) is 1. The summed E-state index contributed by atoms with van der Waals surface area (Å²) in [5, 5.41) is 12.3. The highest BCUT2D eigenvalue weighted by Gasteiger charge is 2.42. The SMILES string of the molecule is CCC(C)CC(C)NC(=O)C1CC(CC)CC1C(=O)O. The van der Waals surface area contributed by atoms with E-state index in [1.165, 1.54) is 0 Å². The van der Waals surface area contributed by atoms with E-state index in [1.807, 2.05) is 6.92 Å². The Bertz CT molecular complexity index is 343. The van der Waals surface area contributed by atoms with Crippen LogP contribution < -0.4 is 5.32 Å². The first-order chi connectivity index (χ1) is 9.38. The van der Waals surface area contributed by atoms with Crippen LogP contribution in [-0.4, -0.2) is 23.0 Å². The molecule has 0 heterocycles. The van der Waals surface area contributed by atoms with Crippen molar-refractivity contribution in [3.63, 3.8) is 0 Å². The first-order valence-corrected chi connectivity index (χ1v) is 7.92. The van der Waals surface area contributed by atoms with Crippen LogP contribution in [0.2, 0.25) is 0 Å². The van der Waals surface area contributed by atoms with Gasteiger partial charge in [0.1, 0.15) is 0 Å². The van der Waals surface area contributed by atoms with Crippen LogP contribution in [-0.2, 0) is 9.59 Å². The molecule has 5 atom stereocenters. The van der Waals surface area contributed by atoms with Gasteiger partial charge in [0.2, 0.25) is 5.91 Å². The van der Waals surface area contributed by atoms with E-state index in [2.05, 4.69) is 26.1 Å². The standard InChI is InChI=1S/C16H29NO3/c1-5-10(3)7-11(4)17-15(18)13-8-12(6-2)9-14(13)16(19)20/h10-14H,5-9H2,1-4H3,(H,17,18)(H,19,20). The largest absolute Gasteiger partial charge is 0.481 e. The minimum absolute atomic E-state index is 0.0656. The van der Waals surface area contributed by atoms with Crippen LogP contribution in [0.5, 0.6) is 0 Å². The summed E-state index contributed by atoms with van der Waals surface area (Å²) in [5.74, 6) is -0.795. The van der Waals surface area contributed by atoms with E-state index in [1.54, 1.807) is 0 Å². The Balaban J connectivity index is 2.58. The summed E-state index contributed by atoms with van der Waals surface area (Å²) < 4.78 is 0. The molecule has 0 saturated heterocycles. The minimum atomic E-state index is -0.823. The fourth-order valence-electron chi connectivity index (χ4n) is 3.22. The fourth-order valence-corrected chi connectivity index (χ4v) is 3.22. The van der Waals surface area contributed by atoms with Crippen molar-refractivity contribution < 1.29 is 14.7 Å². The van der Waals surface area contributed by atoms with Gasteiger partial charge in [0.25, 0.3) is 0 Å². The summed E-state index contributed by atoms with van der Waals surface area (Å²) in [4.78, 5) is 23.6. The molecule has 0 aliphatic heterocycles. The second-order valence-electron chi connectivity index (χ2n) is 6.46. The number of aliphatic carboxylic acids is 1. The number of rotatable bonds is 7. The lowest BCUT2D eigenvalue weighted by molar-refractivity contribution is -0.146. The van der Waals surface area contributed by atoms with Crippen LogP contribution in [0.4, 0.5) is 0 Å². The summed E-state index contributed by atoms with van der Waals surface area (Å²) in [7, 11) is 0. The third-order valence-electron chi connectivity index (χ3n) is 4.73. The van der Waals surface area contributed by atoms with E-state index in [0.29, 0.717) is 18.3 Å². The Morgan fingerprint density at radius 3 is 2.30 bits per heavy atom. The van der Waals surface area contributed by atoms with E-state index in [9.17, 15) is 14.7 Å². The van der Waals surface area contributed by atoms with Crippen molar-refractivity contribution in [1.82, 2.24) is 5.32 Å². The maximum absolute atomic E-state index is 12.3. The molecule has 1 aliphatic carbocycles. The average molecular weight is 283 g/mol. The molecule has 1 rings (SSSR count). The maximum Gasteiger partial charge on any atom is 0.307 e. The van der Waals surface area contributed by atoms with Gasteiger partial charge in [-0.2, -0.15) is 0 Å². The van der Waals surface area contributed by atoms with Gasteiger partial charge in [-0.15, -0.1) is 0 Å². The number of hydrogen-bond acceptors (Lipinski definition) is 2. The van der Waals surface area contributed by atoms with E-state index in [4.69, 9.17) is 0 Å². The van der Waals surface area contributed by atoms with Gasteiger partial charge in [-0.25, -0.2) is 0 Å². The van der Waals surface area contributed by atoms with E-state index < -0.39 is 11.9 Å². The van der Waals surface area contributed by atoms with Crippen LogP contribution in [0.15, 0.2) is 0 Å². The van der Waals surface area contributed by atoms with Crippen molar-refractivity contribution in [2.24, 2.45) is 23.7 Å². The van der Waals surface area contributed by atoms with Crippen LogP contribution in [0.25, 0.3) is 0 Å². The van der Waals surface area contributed by atoms with Crippen molar-refractivity contribution in [3.05, 3.63) is 0 Å². The highest BCUT2D eigenvalue weighted by atomic mass is 16.4. The van der Waals surface area contributed by atoms with Crippen LogP contribution in [0.3, 0.4) is 0 Å². The zero-order valence-electron chi connectivity index (χ0n) is 13.2. The lowest BCUT2D eigenvalue weighted by Gasteiger charge is -2.21. The molecule has 20 heavy (non-hydrogen) atoms. The van der Waals surface area contributed by atoms with Crippen molar-refractivity contribution in [3.8, 4) is 0 Å². The molecule has 2 N–H and O–H groups in total. The van der Waals surface area contributed by atoms with Gasteiger partial charge in [-0.1, -0.05) is 33.6 Å². The maximum atomic E-state index is 12.3. The normalized spacial score (nSPS) is 28.9. The second kappa shape index (κ2) is 7.65. The first kappa shape index (κ1) is 17.0. The molecular weight excluding hydrogens is 254 g/mol. The number of carboxylic acid groups (broad SMARTS) is 1. The Morgan fingerprint density at radius 2 is 1.80 bits per heavy atom. The summed E-state index contributed by atoms with van der Waals surface area (Å²) in [6, 6.07) is 0.118. The number of carbonyl (C=O) groups is 2. The molecule has 1 amide bonds. The van der Waals surface area contributed by atoms with E-state index in [0.717, 1.165) is 25.7 Å². The van der Waals surface area contributed by atoms with Crippen molar-refractivity contribution in [2.45, 2.75) is 65.8 Å². The Morgan fingerprint density at radius 1 is 1.20 bits per heavy atom. The molecule has 1 fully saturated rings. The lowest BCUT2D eigenvalue weighted by Crippen LogP contribution is -2.40. The number of carbonyl (C=O) groups excluding carboxylic acids is 1. The first-order valence-electron chi connectivity index (χ1n) is 7.92. The van der Waals surface area contributed by atoms with Gasteiger partial charge in [0.05, 0.1) is 11.8 Å². The predicted molar refractivity (Wildman–Crippen MR) is 79.3 cm³/mol. The summed E-state index contributed by atoms with van der Waals surface area (Å²) in [6.45, 7) is 8.38. The molecule has 0 aromatic heterocycles. The molecule has 0 bridgehead atoms. The van der Waals surface area contributed by atoms with Gasteiger partial charge in [0.15, 0.2) is 0 Å². The lowest BCUT2D eigenvalue weighted by atomic mass is 9.94. The van der Waals surface area contributed by atoms with Crippen molar-refractivity contribution in [1.29, 1.82) is 0 Å². The molecule has 116 valence electrons. The van der Waals surface area contributed by atoms with Gasteiger partial charge in [0, 0.05) is 6.04 Å². The molecule has 0 radical (unpaired) electrons. The summed E-state index contributed by atoms with van der Waals surface area (Å²) >= 11 is 0. The molecule has 0 aromatic rings. The monoisotopic (exact) mass is 283 g/mol. The predicted octanol–water partition coefficient (Wildman–Crippen LogP) is 3.06. The molecule has 1 aliphatic rings. The van der Waals surface area contributed by atoms with E-state index in [-0.39, 0.29) is 17.9 Å². The van der Waals surface area contributed by atoms with Crippen LogP contribution in [0, 0.1) is 23.7 Å². The fraction of sp³-hybridized carbons (Fsp3) is 0.875. The molecule has 5 unspecified atom stereocenters. The van der Waals surface area contributed by atoms with Gasteiger partial charge in [-0.05, 0) is 38.0 Å². The molecule has 4 heteroatoms. The third kappa shape index (κ3) is 4.50. The van der Waals surface area contributed by atoms with Crippen molar-refractivity contribution in [2.75, 3.05) is 0 Å². The van der Waals surface area contributed by atoms with Gasteiger partial charge in [-0.3, -0.25) is 9.59 Å². The summed E-state index contributed by atoms with van der Waals surface area (Å²) in [5.41, 5.74) is 0. The highest BCUT2D eigenvalue weighted by molar-refractivity contribution is 5.85. The smallest absolute Gasteiger partial charge is 0.307 e. The quantitative estimate of drug-likeness (QED) is 0.754. The Labute approximate surface area is 122 Å². The zero-order valence-corrected chi connectivity index (χ0v) is 13.2. The van der Waals surface area contributed by atoms with Crippen LogP contribution in [0.1, 0.15) is 59.8 Å². The molecule has 0 aromatic carbocycles. The number of amides is 1. The van der Waals surface area contributed by atoms with Crippen molar-refractivity contribution >= 4 is 11.9 Å². The van der Waals surface area contributed by atoms with Gasteiger partial charge >= 0.3 is 5.97 Å². The van der Waals surface area contributed by atoms with Crippen LogP contribution >= 0.6 is 0 Å².